The molecule has 94 valence electrons. The number of hydrogen-bond acceptors (Lipinski definition) is 3. The molecular formula is C10H13ClFN2O2S+. The Morgan fingerprint density at radius 2 is 2.24 bits per heavy atom. The molecule has 1 rings (SSSR count). The third kappa shape index (κ3) is 4.62. The van der Waals surface area contributed by atoms with Crippen LogP contribution in [0.15, 0.2) is 18.2 Å². The number of halogens is 2. The lowest BCUT2D eigenvalue weighted by atomic mass is 10.1. The van der Waals surface area contributed by atoms with Crippen molar-refractivity contribution in [3.8, 4) is 0 Å². The lowest BCUT2D eigenvalue weighted by Gasteiger charge is -2.06. The van der Waals surface area contributed by atoms with E-state index in [2.05, 4.69) is 4.74 Å². The number of carbonyl (C=O) groups excluding carboxylic acids is 1. The number of nitrogens with two attached hydrogens (primary N) is 2. The molecule has 1 aromatic rings. The van der Waals surface area contributed by atoms with Crippen LogP contribution >= 0.6 is 24.2 Å². The zero-order valence-corrected chi connectivity index (χ0v) is 10.7. The van der Waals surface area contributed by atoms with Crippen LogP contribution in [0.2, 0.25) is 0 Å². The van der Waals surface area contributed by atoms with E-state index in [1.165, 1.54) is 25.3 Å². The van der Waals surface area contributed by atoms with E-state index < -0.39 is 11.8 Å². The first-order valence-electron chi connectivity index (χ1n) is 4.42. The van der Waals surface area contributed by atoms with Crippen molar-refractivity contribution in [2.24, 2.45) is 5.73 Å². The largest absolute Gasteiger partial charge is 0.465 e. The number of benzene rings is 1. The maximum absolute atomic E-state index is 13.0. The summed E-state index contributed by atoms with van der Waals surface area (Å²) in [4.78, 5) is 11.4. The summed E-state index contributed by atoms with van der Waals surface area (Å²) in [6, 6.07) is 3.85. The Labute approximate surface area is 109 Å². The zero-order chi connectivity index (χ0) is 12.1. The second-order valence-electron chi connectivity index (χ2n) is 2.98. The highest BCUT2D eigenvalue weighted by Gasteiger charge is 2.13. The maximum atomic E-state index is 13.0. The normalized spacial score (nSPS) is 9.29. The minimum atomic E-state index is -0.508. The smallest absolute Gasteiger partial charge is 0.338 e. The van der Waals surface area contributed by atoms with Crippen LogP contribution in [0.1, 0.15) is 15.9 Å². The SMILES string of the molecule is COC(=O)c1ccc(F)cc1CSC(N)=[NH2+].Cl. The van der Waals surface area contributed by atoms with Gasteiger partial charge in [0.25, 0.3) is 5.17 Å². The van der Waals surface area contributed by atoms with E-state index in [-0.39, 0.29) is 17.6 Å². The van der Waals surface area contributed by atoms with E-state index in [9.17, 15) is 9.18 Å². The summed E-state index contributed by atoms with van der Waals surface area (Å²) in [7, 11) is 1.27. The van der Waals surface area contributed by atoms with Crippen LogP contribution in [0.3, 0.4) is 0 Å². The Morgan fingerprint density at radius 1 is 1.59 bits per heavy atom. The number of esters is 1. The van der Waals surface area contributed by atoms with Crippen LogP contribution < -0.4 is 11.1 Å². The molecule has 0 bridgehead atoms. The van der Waals surface area contributed by atoms with Crippen molar-refractivity contribution in [3.05, 3.63) is 35.1 Å². The monoisotopic (exact) mass is 279 g/mol. The van der Waals surface area contributed by atoms with Crippen LogP contribution in [-0.4, -0.2) is 18.2 Å². The molecule has 0 saturated carbocycles. The van der Waals surface area contributed by atoms with Gasteiger partial charge in [-0.2, -0.15) is 0 Å². The molecule has 0 spiro atoms. The predicted molar refractivity (Wildman–Crippen MR) is 67.4 cm³/mol. The summed E-state index contributed by atoms with van der Waals surface area (Å²) >= 11 is 1.13. The molecule has 4 nitrogen and oxygen atoms in total. The van der Waals surface area contributed by atoms with Crippen LogP contribution in [0.5, 0.6) is 0 Å². The van der Waals surface area contributed by atoms with Crippen molar-refractivity contribution in [3.63, 3.8) is 0 Å². The Morgan fingerprint density at radius 3 is 2.76 bits per heavy atom. The highest BCUT2D eigenvalue weighted by molar-refractivity contribution is 8.12. The lowest BCUT2D eigenvalue weighted by molar-refractivity contribution is -0.110. The van der Waals surface area contributed by atoms with Gasteiger partial charge in [-0.1, -0.05) is 0 Å². The minimum absolute atomic E-state index is 0. The van der Waals surface area contributed by atoms with Crippen molar-refractivity contribution in [1.29, 1.82) is 0 Å². The molecule has 0 heterocycles. The van der Waals surface area contributed by atoms with Crippen LogP contribution in [0, 0.1) is 5.82 Å². The Kier molecular flexibility index (Phi) is 6.60. The molecule has 0 atom stereocenters. The van der Waals surface area contributed by atoms with Gasteiger partial charge in [0.2, 0.25) is 0 Å². The van der Waals surface area contributed by atoms with Crippen molar-refractivity contribution in [1.82, 2.24) is 0 Å². The molecule has 7 heteroatoms. The van der Waals surface area contributed by atoms with E-state index in [0.29, 0.717) is 16.9 Å². The van der Waals surface area contributed by atoms with Crippen molar-refractivity contribution < 1.29 is 19.3 Å². The Bertz CT molecular complexity index is 429. The van der Waals surface area contributed by atoms with Gasteiger partial charge in [0, 0.05) is 5.75 Å². The van der Waals surface area contributed by atoms with E-state index in [0.717, 1.165) is 11.8 Å². The van der Waals surface area contributed by atoms with Crippen molar-refractivity contribution >= 4 is 35.3 Å². The van der Waals surface area contributed by atoms with Crippen LogP contribution in [0.25, 0.3) is 0 Å². The summed E-state index contributed by atoms with van der Waals surface area (Å²) in [6.45, 7) is 0. The first-order valence-corrected chi connectivity index (χ1v) is 5.40. The molecule has 0 saturated heterocycles. The van der Waals surface area contributed by atoms with Gasteiger partial charge in [-0.25, -0.2) is 9.18 Å². The summed E-state index contributed by atoms with van der Waals surface area (Å²) < 4.78 is 17.6. The fourth-order valence-corrected chi connectivity index (χ4v) is 1.71. The zero-order valence-electron chi connectivity index (χ0n) is 9.10. The molecule has 0 aliphatic rings. The predicted octanol–water partition coefficient (Wildman–Crippen LogP) is 0.341. The van der Waals surface area contributed by atoms with Gasteiger partial charge in [0.05, 0.1) is 12.7 Å². The molecule has 0 aromatic heterocycles. The number of carbonyl (C=O) groups is 1. The van der Waals surface area contributed by atoms with Crippen molar-refractivity contribution in [2.45, 2.75) is 5.75 Å². The molecule has 1 aromatic carbocycles. The maximum Gasteiger partial charge on any atom is 0.338 e. The average molecular weight is 280 g/mol. The third-order valence-corrected chi connectivity index (χ3v) is 2.66. The summed E-state index contributed by atoms with van der Waals surface area (Å²) in [6.07, 6.45) is 0. The molecule has 4 N–H and O–H groups in total. The van der Waals surface area contributed by atoms with Gasteiger partial charge in [-0.3, -0.25) is 11.1 Å². The first kappa shape index (κ1) is 15.7. The second kappa shape index (κ2) is 7.13. The van der Waals surface area contributed by atoms with E-state index >= 15 is 0 Å². The number of methoxy groups -OCH3 is 1. The van der Waals surface area contributed by atoms with E-state index in [4.69, 9.17) is 11.1 Å². The quantitative estimate of drug-likeness (QED) is 0.475. The van der Waals surface area contributed by atoms with E-state index in [1.54, 1.807) is 0 Å². The topological polar surface area (TPSA) is 77.9 Å². The number of thioether (sulfide) groups is 1. The van der Waals surface area contributed by atoms with Crippen molar-refractivity contribution in [2.75, 3.05) is 7.11 Å². The van der Waals surface area contributed by atoms with E-state index in [1.807, 2.05) is 0 Å². The fraction of sp³-hybridized carbons (Fsp3) is 0.200. The Balaban J connectivity index is 0.00000256. The number of hydrogen-bond donors (Lipinski definition) is 2. The van der Waals surface area contributed by atoms with Gasteiger partial charge >= 0.3 is 5.97 Å². The lowest BCUT2D eigenvalue weighted by Crippen LogP contribution is -2.43. The van der Waals surface area contributed by atoms with Gasteiger partial charge in [0.1, 0.15) is 5.82 Å². The Hall–Kier alpha value is -1.27. The molecule has 0 amide bonds. The minimum Gasteiger partial charge on any atom is -0.465 e. The summed E-state index contributed by atoms with van der Waals surface area (Å²) in [5.41, 5.74) is 6.11. The summed E-state index contributed by atoms with van der Waals surface area (Å²) in [5.74, 6) is -0.602. The number of rotatable bonds is 3. The molecule has 0 fully saturated rings. The molecule has 0 unspecified atom stereocenters. The third-order valence-electron chi connectivity index (χ3n) is 1.87. The van der Waals surface area contributed by atoms with Crippen LogP contribution in [0.4, 0.5) is 4.39 Å². The molecule has 0 aliphatic carbocycles. The molecule has 0 aliphatic heterocycles. The van der Waals surface area contributed by atoms with Gasteiger partial charge < -0.3 is 4.74 Å². The van der Waals surface area contributed by atoms with Crippen LogP contribution in [-0.2, 0) is 10.5 Å². The molecule has 17 heavy (non-hydrogen) atoms. The van der Waals surface area contributed by atoms with Gasteiger partial charge in [0.15, 0.2) is 0 Å². The number of amidine groups is 1. The van der Waals surface area contributed by atoms with Gasteiger partial charge in [-0.15, -0.1) is 12.4 Å². The highest BCUT2D eigenvalue weighted by Crippen LogP contribution is 2.18. The second-order valence-corrected chi connectivity index (χ2v) is 4.03. The first-order chi connectivity index (χ1) is 7.54. The fourth-order valence-electron chi connectivity index (χ4n) is 1.15. The highest BCUT2D eigenvalue weighted by atomic mass is 35.5. The molecule has 0 radical (unpaired) electrons. The van der Waals surface area contributed by atoms with Gasteiger partial charge in [-0.05, 0) is 35.5 Å². The summed E-state index contributed by atoms with van der Waals surface area (Å²) in [5, 5.41) is 5.45. The standard InChI is InChI=1S/C10H11FN2O2S.ClH/c1-15-9(14)8-3-2-7(11)4-6(8)5-16-10(12)13;/h2-4H,5H2,1H3,(H3,12,13);1H/p+1. The number of ether oxygens (including phenoxy) is 1. The average Bonchev–Trinajstić information content (AvgIpc) is 2.25. The molecular weight excluding hydrogens is 267 g/mol.